The molecular formula is C14H31N. The van der Waals surface area contributed by atoms with Crippen LogP contribution in [0.25, 0.3) is 0 Å². The lowest BCUT2D eigenvalue weighted by atomic mass is 9.92. The van der Waals surface area contributed by atoms with Gasteiger partial charge in [-0.05, 0) is 37.6 Å². The summed E-state index contributed by atoms with van der Waals surface area (Å²) in [6.07, 6.45) is 6.67. The number of hydrogen-bond donors (Lipinski definition) is 1. The first kappa shape index (κ1) is 15.0. The molecule has 92 valence electrons. The fourth-order valence-corrected chi connectivity index (χ4v) is 2.13. The van der Waals surface area contributed by atoms with Crippen molar-refractivity contribution in [1.82, 2.24) is 5.32 Å². The van der Waals surface area contributed by atoms with E-state index < -0.39 is 0 Å². The largest absolute Gasteiger partial charge is 0.314 e. The van der Waals surface area contributed by atoms with Crippen LogP contribution < -0.4 is 5.32 Å². The molecule has 0 spiro atoms. The molecule has 1 heteroatoms. The first-order chi connectivity index (χ1) is 7.11. The van der Waals surface area contributed by atoms with E-state index in [1.54, 1.807) is 0 Å². The van der Waals surface area contributed by atoms with Crippen molar-refractivity contribution in [3.05, 3.63) is 0 Å². The Balaban J connectivity index is 3.67. The molecule has 0 saturated heterocycles. The lowest BCUT2D eigenvalue weighted by Crippen LogP contribution is -2.34. The zero-order chi connectivity index (χ0) is 11.7. The summed E-state index contributed by atoms with van der Waals surface area (Å²) in [7, 11) is 0. The quantitative estimate of drug-likeness (QED) is 0.604. The second-order valence-electron chi connectivity index (χ2n) is 5.27. The van der Waals surface area contributed by atoms with E-state index in [1.165, 1.54) is 38.6 Å². The van der Waals surface area contributed by atoms with Gasteiger partial charge in [-0.1, -0.05) is 47.5 Å². The van der Waals surface area contributed by atoms with Gasteiger partial charge >= 0.3 is 0 Å². The second-order valence-corrected chi connectivity index (χ2v) is 5.27. The van der Waals surface area contributed by atoms with Crippen LogP contribution in [-0.4, -0.2) is 12.6 Å². The predicted molar refractivity (Wildman–Crippen MR) is 70.2 cm³/mol. The minimum atomic E-state index is 0.733. The topological polar surface area (TPSA) is 12.0 Å². The molecule has 0 saturated carbocycles. The lowest BCUT2D eigenvalue weighted by molar-refractivity contribution is 0.333. The van der Waals surface area contributed by atoms with Gasteiger partial charge < -0.3 is 5.32 Å². The minimum absolute atomic E-state index is 0.733. The maximum absolute atomic E-state index is 3.66. The molecule has 0 heterocycles. The van der Waals surface area contributed by atoms with Crippen LogP contribution in [0.2, 0.25) is 0 Å². The van der Waals surface area contributed by atoms with E-state index in [4.69, 9.17) is 0 Å². The highest BCUT2D eigenvalue weighted by atomic mass is 14.9. The normalized spacial score (nSPS) is 15.6. The molecular weight excluding hydrogens is 182 g/mol. The third-order valence-electron chi connectivity index (χ3n) is 3.22. The van der Waals surface area contributed by atoms with Crippen LogP contribution in [0, 0.1) is 11.8 Å². The molecule has 0 aliphatic rings. The van der Waals surface area contributed by atoms with E-state index in [-0.39, 0.29) is 0 Å². The Bertz CT molecular complexity index is 131. The van der Waals surface area contributed by atoms with E-state index in [0.717, 1.165) is 17.9 Å². The number of hydrogen-bond acceptors (Lipinski definition) is 1. The molecule has 0 aromatic heterocycles. The Morgan fingerprint density at radius 2 is 1.67 bits per heavy atom. The molecule has 0 rings (SSSR count). The summed E-state index contributed by atoms with van der Waals surface area (Å²) in [5.74, 6) is 1.70. The maximum Gasteiger partial charge on any atom is 0.00900 e. The van der Waals surface area contributed by atoms with Gasteiger partial charge in [-0.3, -0.25) is 0 Å². The van der Waals surface area contributed by atoms with Gasteiger partial charge in [0.05, 0.1) is 0 Å². The summed E-state index contributed by atoms with van der Waals surface area (Å²) in [6, 6.07) is 0.733. The van der Waals surface area contributed by atoms with Gasteiger partial charge in [-0.2, -0.15) is 0 Å². The van der Waals surface area contributed by atoms with E-state index in [9.17, 15) is 0 Å². The van der Waals surface area contributed by atoms with Gasteiger partial charge in [0.15, 0.2) is 0 Å². The molecule has 0 amide bonds. The molecule has 0 fully saturated rings. The van der Waals surface area contributed by atoms with Crippen LogP contribution in [0.15, 0.2) is 0 Å². The molecule has 0 aliphatic heterocycles. The van der Waals surface area contributed by atoms with Crippen molar-refractivity contribution >= 4 is 0 Å². The van der Waals surface area contributed by atoms with Crippen LogP contribution >= 0.6 is 0 Å². The van der Waals surface area contributed by atoms with E-state index >= 15 is 0 Å². The van der Waals surface area contributed by atoms with Crippen molar-refractivity contribution in [1.29, 1.82) is 0 Å². The SMILES string of the molecule is CCCNC(CC)C(C)CCCC(C)C. The molecule has 0 aliphatic carbocycles. The molecule has 2 atom stereocenters. The van der Waals surface area contributed by atoms with E-state index in [0.29, 0.717) is 0 Å². The molecule has 2 unspecified atom stereocenters. The lowest BCUT2D eigenvalue weighted by Gasteiger charge is -2.24. The highest BCUT2D eigenvalue weighted by Gasteiger charge is 2.13. The Labute approximate surface area is 97.0 Å². The van der Waals surface area contributed by atoms with Gasteiger partial charge in [0.2, 0.25) is 0 Å². The molecule has 15 heavy (non-hydrogen) atoms. The van der Waals surface area contributed by atoms with Gasteiger partial charge in [-0.15, -0.1) is 0 Å². The van der Waals surface area contributed by atoms with Crippen molar-refractivity contribution in [3.8, 4) is 0 Å². The summed E-state index contributed by atoms with van der Waals surface area (Å²) >= 11 is 0. The molecule has 1 nitrogen and oxygen atoms in total. The van der Waals surface area contributed by atoms with Crippen LogP contribution in [-0.2, 0) is 0 Å². The van der Waals surface area contributed by atoms with E-state index in [1.807, 2.05) is 0 Å². The monoisotopic (exact) mass is 213 g/mol. The van der Waals surface area contributed by atoms with Crippen LogP contribution in [0.1, 0.15) is 66.7 Å². The fourth-order valence-electron chi connectivity index (χ4n) is 2.13. The highest BCUT2D eigenvalue weighted by Crippen LogP contribution is 2.17. The van der Waals surface area contributed by atoms with Crippen LogP contribution in [0.3, 0.4) is 0 Å². The minimum Gasteiger partial charge on any atom is -0.314 e. The summed E-state index contributed by atoms with van der Waals surface area (Å²) in [4.78, 5) is 0. The summed E-state index contributed by atoms with van der Waals surface area (Å²) in [5.41, 5.74) is 0. The Morgan fingerprint density at radius 1 is 1.00 bits per heavy atom. The van der Waals surface area contributed by atoms with Crippen LogP contribution in [0.4, 0.5) is 0 Å². The van der Waals surface area contributed by atoms with Crippen molar-refractivity contribution in [2.45, 2.75) is 72.8 Å². The maximum atomic E-state index is 3.66. The molecule has 1 N–H and O–H groups in total. The molecule has 0 aromatic carbocycles. The Hall–Kier alpha value is -0.0400. The van der Waals surface area contributed by atoms with Gasteiger partial charge in [0.1, 0.15) is 0 Å². The van der Waals surface area contributed by atoms with E-state index in [2.05, 4.69) is 39.9 Å². The van der Waals surface area contributed by atoms with Gasteiger partial charge in [0, 0.05) is 6.04 Å². The fraction of sp³-hybridized carbons (Fsp3) is 1.00. The average molecular weight is 213 g/mol. The molecule has 0 radical (unpaired) electrons. The number of rotatable bonds is 9. The van der Waals surface area contributed by atoms with Crippen molar-refractivity contribution in [2.24, 2.45) is 11.8 Å². The Kier molecular flexibility index (Phi) is 9.18. The zero-order valence-electron chi connectivity index (χ0n) is 11.5. The molecule has 0 aromatic rings. The Morgan fingerprint density at radius 3 is 2.13 bits per heavy atom. The highest BCUT2D eigenvalue weighted by molar-refractivity contribution is 4.71. The third kappa shape index (κ3) is 7.84. The smallest absolute Gasteiger partial charge is 0.00900 e. The second kappa shape index (κ2) is 9.21. The third-order valence-corrected chi connectivity index (χ3v) is 3.22. The standard InChI is InChI=1S/C14H31N/c1-6-11-15-14(7-2)13(5)10-8-9-12(3)4/h12-15H,6-11H2,1-5H3. The van der Waals surface area contributed by atoms with Crippen LogP contribution in [0.5, 0.6) is 0 Å². The zero-order valence-corrected chi connectivity index (χ0v) is 11.5. The summed E-state index contributed by atoms with van der Waals surface area (Å²) < 4.78 is 0. The number of nitrogens with one attached hydrogen (secondary N) is 1. The predicted octanol–water partition coefficient (Wildman–Crippen LogP) is 4.23. The van der Waals surface area contributed by atoms with Crippen molar-refractivity contribution in [2.75, 3.05) is 6.54 Å². The summed E-state index contributed by atoms with van der Waals surface area (Å²) in [6.45, 7) is 12.7. The average Bonchev–Trinajstić information content (AvgIpc) is 2.18. The van der Waals surface area contributed by atoms with Gasteiger partial charge in [0.25, 0.3) is 0 Å². The molecule has 0 bridgehead atoms. The first-order valence-corrected chi connectivity index (χ1v) is 6.85. The van der Waals surface area contributed by atoms with Crippen molar-refractivity contribution in [3.63, 3.8) is 0 Å². The van der Waals surface area contributed by atoms with Gasteiger partial charge in [-0.25, -0.2) is 0 Å². The first-order valence-electron chi connectivity index (χ1n) is 6.85. The summed E-state index contributed by atoms with van der Waals surface area (Å²) in [5, 5.41) is 3.66. The van der Waals surface area contributed by atoms with Crippen molar-refractivity contribution < 1.29 is 0 Å².